The average Bonchev–Trinajstić information content (AvgIpc) is 2.50. The molecule has 3 rings (SSSR count). The lowest BCUT2D eigenvalue weighted by Crippen LogP contribution is -2.56. The highest BCUT2D eigenvalue weighted by molar-refractivity contribution is 4.93. The van der Waals surface area contributed by atoms with E-state index < -0.39 is 0 Å². The number of hydrogen-bond acceptors (Lipinski definition) is 3. The van der Waals surface area contributed by atoms with Crippen molar-refractivity contribution in [2.45, 2.75) is 70.6 Å². The maximum absolute atomic E-state index is 6.04. The Morgan fingerprint density at radius 1 is 1.14 bits per heavy atom. The van der Waals surface area contributed by atoms with Crippen molar-refractivity contribution in [2.75, 3.05) is 26.7 Å². The third-order valence-corrected chi connectivity index (χ3v) is 6.34. The van der Waals surface area contributed by atoms with Gasteiger partial charge in [-0.1, -0.05) is 26.7 Å². The van der Waals surface area contributed by atoms with Crippen LogP contribution in [-0.4, -0.2) is 49.8 Å². The zero-order chi connectivity index (χ0) is 14.8. The minimum absolute atomic E-state index is 0.526. The highest BCUT2D eigenvalue weighted by atomic mass is 16.5. The van der Waals surface area contributed by atoms with Gasteiger partial charge in [0.15, 0.2) is 0 Å². The summed E-state index contributed by atoms with van der Waals surface area (Å²) in [6.07, 6.45) is 8.68. The first kappa shape index (κ1) is 15.8. The smallest absolute Gasteiger partial charge is 0.0730 e. The molecule has 1 N–H and O–H groups in total. The molecule has 3 fully saturated rings. The Hall–Kier alpha value is -0.120. The second-order valence-electron chi connectivity index (χ2n) is 7.87. The largest absolute Gasteiger partial charge is 0.375 e. The first-order chi connectivity index (χ1) is 10.2. The molecule has 6 atom stereocenters. The van der Waals surface area contributed by atoms with E-state index in [-0.39, 0.29) is 0 Å². The summed E-state index contributed by atoms with van der Waals surface area (Å²) in [6, 6.07) is 1.41. The third kappa shape index (κ3) is 3.46. The number of morpholine rings is 1. The van der Waals surface area contributed by atoms with Gasteiger partial charge in [0.1, 0.15) is 0 Å². The molecule has 0 amide bonds. The minimum atomic E-state index is 0.526. The summed E-state index contributed by atoms with van der Waals surface area (Å²) in [5.41, 5.74) is 0. The number of rotatable bonds is 3. The predicted molar refractivity (Wildman–Crippen MR) is 87.5 cm³/mol. The fourth-order valence-electron chi connectivity index (χ4n) is 5.22. The second-order valence-corrected chi connectivity index (χ2v) is 7.87. The summed E-state index contributed by atoms with van der Waals surface area (Å²) < 4.78 is 6.04. The summed E-state index contributed by atoms with van der Waals surface area (Å²) in [5.74, 6) is 2.53. The van der Waals surface area contributed by atoms with Crippen molar-refractivity contribution in [2.24, 2.45) is 17.8 Å². The van der Waals surface area contributed by atoms with E-state index in [9.17, 15) is 0 Å². The van der Waals surface area contributed by atoms with Gasteiger partial charge in [-0.15, -0.1) is 0 Å². The van der Waals surface area contributed by atoms with Gasteiger partial charge in [0.05, 0.1) is 12.7 Å². The van der Waals surface area contributed by atoms with Crippen LogP contribution in [0.3, 0.4) is 0 Å². The number of fused-ring (bicyclic) bond motifs is 1. The van der Waals surface area contributed by atoms with Gasteiger partial charge in [0.2, 0.25) is 0 Å². The Balaban J connectivity index is 1.65. The van der Waals surface area contributed by atoms with E-state index in [1.165, 1.54) is 45.1 Å². The molecule has 3 nitrogen and oxygen atoms in total. The van der Waals surface area contributed by atoms with Crippen molar-refractivity contribution in [3.05, 3.63) is 0 Å². The van der Waals surface area contributed by atoms with Crippen molar-refractivity contribution >= 4 is 0 Å². The summed E-state index contributed by atoms with van der Waals surface area (Å²) in [4.78, 5) is 2.79. The lowest BCUT2D eigenvalue weighted by Gasteiger charge is -2.48. The molecule has 0 bridgehead atoms. The molecule has 1 aliphatic heterocycles. The molecule has 3 aliphatic rings. The molecule has 0 spiro atoms. The van der Waals surface area contributed by atoms with Crippen molar-refractivity contribution in [3.8, 4) is 0 Å². The zero-order valence-corrected chi connectivity index (χ0v) is 14.2. The normalized spacial score (nSPS) is 45.3. The van der Waals surface area contributed by atoms with Crippen molar-refractivity contribution in [1.82, 2.24) is 10.2 Å². The van der Waals surface area contributed by atoms with Gasteiger partial charge in [-0.3, -0.25) is 4.90 Å². The Bertz CT molecular complexity index is 333. The Morgan fingerprint density at radius 3 is 2.76 bits per heavy atom. The van der Waals surface area contributed by atoms with E-state index in [4.69, 9.17) is 4.74 Å². The van der Waals surface area contributed by atoms with E-state index in [0.717, 1.165) is 30.9 Å². The van der Waals surface area contributed by atoms with Crippen LogP contribution < -0.4 is 5.32 Å². The molecule has 1 heterocycles. The van der Waals surface area contributed by atoms with Crippen LogP contribution in [0.4, 0.5) is 0 Å². The van der Waals surface area contributed by atoms with Crippen molar-refractivity contribution < 1.29 is 4.74 Å². The number of ether oxygens (including phenoxy) is 1. The maximum Gasteiger partial charge on any atom is 0.0730 e. The lowest BCUT2D eigenvalue weighted by atomic mass is 9.72. The highest BCUT2D eigenvalue weighted by Gasteiger charge is 2.39. The standard InChI is InChI=1S/C18H34N2O/c1-13-10-14(2)15(16(11-13)19-3)12-20-8-9-21-18-7-5-4-6-17(18)20/h13-19H,4-12H2,1-3H3. The molecule has 2 aliphatic carbocycles. The van der Waals surface area contributed by atoms with Crippen molar-refractivity contribution in [3.63, 3.8) is 0 Å². The van der Waals surface area contributed by atoms with Gasteiger partial charge in [-0.25, -0.2) is 0 Å². The molecule has 21 heavy (non-hydrogen) atoms. The van der Waals surface area contributed by atoms with Gasteiger partial charge in [-0.05, 0) is 50.5 Å². The Morgan fingerprint density at radius 2 is 1.95 bits per heavy atom. The molecule has 1 saturated heterocycles. The number of hydrogen-bond donors (Lipinski definition) is 1. The van der Waals surface area contributed by atoms with E-state index in [2.05, 4.69) is 31.1 Å². The summed E-state index contributed by atoms with van der Waals surface area (Å²) >= 11 is 0. The van der Waals surface area contributed by atoms with Crippen LogP contribution in [0, 0.1) is 17.8 Å². The Kier molecular flexibility index (Phi) is 5.23. The first-order valence-electron chi connectivity index (χ1n) is 9.22. The molecule has 0 aromatic carbocycles. The van der Waals surface area contributed by atoms with Crippen LogP contribution in [0.5, 0.6) is 0 Å². The second kappa shape index (κ2) is 6.97. The molecular weight excluding hydrogens is 260 g/mol. The van der Waals surface area contributed by atoms with Crippen LogP contribution in [0.1, 0.15) is 52.4 Å². The quantitative estimate of drug-likeness (QED) is 0.866. The van der Waals surface area contributed by atoms with Crippen LogP contribution in [0.2, 0.25) is 0 Å². The van der Waals surface area contributed by atoms with E-state index in [1.54, 1.807) is 0 Å². The van der Waals surface area contributed by atoms with Crippen LogP contribution in [0.15, 0.2) is 0 Å². The molecule has 2 saturated carbocycles. The average molecular weight is 294 g/mol. The van der Waals surface area contributed by atoms with Crippen LogP contribution in [0.25, 0.3) is 0 Å². The molecule has 6 unspecified atom stereocenters. The van der Waals surface area contributed by atoms with E-state index in [0.29, 0.717) is 18.2 Å². The highest BCUT2D eigenvalue weighted by Crippen LogP contribution is 2.36. The van der Waals surface area contributed by atoms with Crippen LogP contribution in [-0.2, 0) is 4.74 Å². The van der Waals surface area contributed by atoms with E-state index in [1.807, 2.05) is 0 Å². The van der Waals surface area contributed by atoms with Gasteiger partial charge in [0.25, 0.3) is 0 Å². The summed E-state index contributed by atoms with van der Waals surface area (Å²) in [7, 11) is 2.16. The van der Waals surface area contributed by atoms with Gasteiger partial charge in [-0.2, -0.15) is 0 Å². The summed E-state index contributed by atoms with van der Waals surface area (Å²) in [6.45, 7) is 8.27. The molecule has 0 aromatic rings. The van der Waals surface area contributed by atoms with Crippen LogP contribution >= 0.6 is 0 Å². The van der Waals surface area contributed by atoms with Gasteiger partial charge >= 0.3 is 0 Å². The third-order valence-electron chi connectivity index (χ3n) is 6.34. The Labute approximate surface area is 130 Å². The number of nitrogens with zero attached hydrogens (tertiary/aromatic N) is 1. The number of nitrogens with one attached hydrogen (secondary N) is 1. The van der Waals surface area contributed by atoms with Crippen molar-refractivity contribution in [1.29, 1.82) is 0 Å². The molecule has 0 aromatic heterocycles. The lowest BCUT2D eigenvalue weighted by molar-refractivity contribution is -0.0971. The van der Waals surface area contributed by atoms with Gasteiger partial charge < -0.3 is 10.1 Å². The minimum Gasteiger partial charge on any atom is -0.375 e. The van der Waals surface area contributed by atoms with Gasteiger partial charge in [0, 0.05) is 25.2 Å². The topological polar surface area (TPSA) is 24.5 Å². The first-order valence-corrected chi connectivity index (χ1v) is 9.22. The van der Waals surface area contributed by atoms with E-state index >= 15 is 0 Å². The SMILES string of the molecule is CNC1CC(C)CC(C)C1CN1CCOC2CCCCC21. The monoisotopic (exact) mass is 294 g/mol. The predicted octanol–water partition coefficient (Wildman–Crippen LogP) is 2.90. The molecule has 122 valence electrons. The molecule has 3 heteroatoms. The zero-order valence-electron chi connectivity index (χ0n) is 14.2. The molecular formula is C18H34N2O. The summed E-state index contributed by atoms with van der Waals surface area (Å²) in [5, 5.41) is 3.62. The fourth-order valence-corrected chi connectivity index (χ4v) is 5.22. The maximum atomic E-state index is 6.04. The fraction of sp³-hybridized carbons (Fsp3) is 1.00. The molecule has 0 radical (unpaired) electrons.